The molecule has 2 N–H and O–H groups in total. The molecule has 1 atom stereocenters. The first-order chi connectivity index (χ1) is 19.6. The van der Waals surface area contributed by atoms with Crippen LogP contribution in [0.1, 0.15) is 33.3 Å². The van der Waals surface area contributed by atoms with Crippen LogP contribution in [0, 0.1) is 6.92 Å². The molecule has 2 heterocycles. The molecule has 41 heavy (non-hydrogen) atoms. The number of imidazole rings is 1. The van der Waals surface area contributed by atoms with Gasteiger partial charge in [0.05, 0.1) is 44.5 Å². The van der Waals surface area contributed by atoms with Gasteiger partial charge in [-0.15, -0.1) is 0 Å². The van der Waals surface area contributed by atoms with E-state index < -0.39 is 40.0 Å². The number of carbonyl (C=O) groups is 2. The van der Waals surface area contributed by atoms with E-state index in [0.29, 0.717) is 16.9 Å². The highest BCUT2D eigenvalue weighted by Crippen LogP contribution is 2.30. The minimum Gasteiger partial charge on any atom is -0.493 e. The smallest absolute Gasteiger partial charge is 0.341 e. The molecule has 0 amide bonds. The molecule has 0 aliphatic rings. The number of aliphatic hydroxyl groups is 1. The molecule has 0 spiro atoms. The van der Waals surface area contributed by atoms with Gasteiger partial charge in [0.1, 0.15) is 5.69 Å². The molecule has 0 radical (unpaired) electrons. The highest BCUT2D eigenvalue weighted by molar-refractivity contribution is 7.89. The summed E-state index contributed by atoms with van der Waals surface area (Å²) in [6.07, 6.45) is -0.168. The van der Waals surface area contributed by atoms with Crippen molar-refractivity contribution < 1.29 is 42.1 Å². The van der Waals surface area contributed by atoms with E-state index in [-0.39, 0.29) is 34.6 Å². The average Bonchev–Trinajstić information content (AvgIpc) is 3.35. The van der Waals surface area contributed by atoms with Crippen LogP contribution in [0.3, 0.4) is 0 Å². The van der Waals surface area contributed by atoms with Crippen LogP contribution in [0.25, 0.3) is 11.0 Å². The molecule has 0 aliphatic heterocycles. The number of pyridine rings is 1. The summed E-state index contributed by atoms with van der Waals surface area (Å²) < 4.78 is 51.3. The first-order valence-corrected chi connectivity index (χ1v) is 13.6. The highest BCUT2D eigenvalue weighted by Gasteiger charge is 2.28. The SMILES string of the molecule is COC(=O)c1cc2c(cc1C)nc(S(=O)(=O)NCc1nccc(OC)c1OC)n2COC(=O)C(O)c1ccccc1. The predicted molar refractivity (Wildman–Crippen MR) is 145 cm³/mol. The van der Waals surface area contributed by atoms with Gasteiger partial charge in [0, 0.05) is 12.3 Å². The van der Waals surface area contributed by atoms with E-state index in [0.717, 1.165) is 4.57 Å². The number of methoxy groups -OCH3 is 3. The molecule has 14 heteroatoms. The molecule has 2 aromatic carbocycles. The van der Waals surface area contributed by atoms with Crippen molar-refractivity contribution in [2.75, 3.05) is 21.3 Å². The molecular formula is C27H28N4O9S. The Morgan fingerprint density at radius 2 is 1.80 bits per heavy atom. The minimum absolute atomic E-state index is 0.166. The van der Waals surface area contributed by atoms with E-state index in [2.05, 4.69) is 14.7 Å². The monoisotopic (exact) mass is 584 g/mol. The van der Waals surface area contributed by atoms with Gasteiger partial charge in [0.15, 0.2) is 24.3 Å². The van der Waals surface area contributed by atoms with E-state index in [1.807, 2.05) is 0 Å². The molecule has 0 bridgehead atoms. The maximum atomic E-state index is 13.5. The van der Waals surface area contributed by atoms with Gasteiger partial charge in [0.2, 0.25) is 5.16 Å². The summed E-state index contributed by atoms with van der Waals surface area (Å²) in [5.74, 6) is -1.06. The molecule has 0 saturated heterocycles. The summed E-state index contributed by atoms with van der Waals surface area (Å²) in [7, 11) is -0.314. The van der Waals surface area contributed by atoms with Crippen LogP contribution in [-0.4, -0.2) is 61.3 Å². The van der Waals surface area contributed by atoms with Gasteiger partial charge >= 0.3 is 11.9 Å². The lowest BCUT2D eigenvalue weighted by atomic mass is 10.1. The first kappa shape index (κ1) is 29.5. The van der Waals surface area contributed by atoms with Crippen LogP contribution in [0.2, 0.25) is 0 Å². The van der Waals surface area contributed by atoms with E-state index in [9.17, 15) is 23.1 Å². The molecular weight excluding hydrogens is 556 g/mol. The number of aliphatic hydroxyl groups excluding tert-OH is 1. The quantitative estimate of drug-likeness (QED) is 0.248. The van der Waals surface area contributed by atoms with Crippen LogP contribution >= 0.6 is 0 Å². The second-order valence-corrected chi connectivity index (χ2v) is 10.4. The number of ether oxygens (including phenoxy) is 4. The topological polar surface area (TPSA) is 168 Å². The van der Waals surface area contributed by atoms with Crippen molar-refractivity contribution in [3.8, 4) is 11.5 Å². The number of nitrogens with one attached hydrogen (secondary N) is 1. The van der Waals surface area contributed by atoms with E-state index in [1.165, 1.54) is 39.7 Å². The Kier molecular flexibility index (Phi) is 8.86. The van der Waals surface area contributed by atoms with E-state index in [4.69, 9.17) is 18.9 Å². The number of fused-ring (bicyclic) bond motifs is 1. The molecule has 4 rings (SSSR count). The third kappa shape index (κ3) is 6.14. The molecule has 4 aromatic rings. The van der Waals surface area contributed by atoms with Crippen LogP contribution in [0.4, 0.5) is 0 Å². The fourth-order valence-electron chi connectivity index (χ4n) is 4.10. The number of hydrogen-bond acceptors (Lipinski definition) is 11. The normalized spacial score (nSPS) is 12.1. The summed E-state index contributed by atoms with van der Waals surface area (Å²) in [4.78, 5) is 33.5. The largest absolute Gasteiger partial charge is 0.493 e. The van der Waals surface area contributed by atoms with Gasteiger partial charge in [-0.3, -0.25) is 9.55 Å². The van der Waals surface area contributed by atoms with Crippen LogP contribution in [0.15, 0.2) is 59.9 Å². The first-order valence-electron chi connectivity index (χ1n) is 12.2. The van der Waals surface area contributed by atoms with Crippen molar-refractivity contribution in [2.45, 2.75) is 31.5 Å². The van der Waals surface area contributed by atoms with Gasteiger partial charge in [-0.1, -0.05) is 30.3 Å². The zero-order valence-corrected chi connectivity index (χ0v) is 23.5. The lowest BCUT2D eigenvalue weighted by molar-refractivity contribution is -0.158. The molecule has 216 valence electrons. The summed E-state index contributed by atoms with van der Waals surface area (Å²) in [5.41, 5.74) is 1.60. The number of benzene rings is 2. The second kappa shape index (κ2) is 12.3. The van der Waals surface area contributed by atoms with E-state index in [1.54, 1.807) is 43.3 Å². The van der Waals surface area contributed by atoms with Crippen molar-refractivity contribution >= 4 is 33.0 Å². The highest BCUT2D eigenvalue weighted by atomic mass is 32.2. The molecule has 0 fully saturated rings. The van der Waals surface area contributed by atoms with Crippen LogP contribution in [-0.2, 0) is 37.6 Å². The van der Waals surface area contributed by atoms with Gasteiger partial charge in [0.25, 0.3) is 10.0 Å². The Bertz CT molecular complexity index is 1690. The Balaban J connectivity index is 1.72. The van der Waals surface area contributed by atoms with Crippen LogP contribution in [0.5, 0.6) is 11.5 Å². The third-order valence-corrected chi connectivity index (χ3v) is 7.49. The summed E-state index contributed by atoms with van der Waals surface area (Å²) in [6.45, 7) is 0.721. The molecule has 13 nitrogen and oxygen atoms in total. The summed E-state index contributed by atoms with van der Waals surface area (Å²) >= 11 is 0. The van der Waals surface area contributed by atoms with Gasteiger partial charge < -0.3 is 24.1 Å². The molecule has 0 aliphatic carbocycles. The number of hydrogen-bond donors (Lipinski definition) is 2. The standard InChI is InChI=1S/C27H28N4O9S/c1-16-12-19-21(13-18(16)25(33)39-4)31(15-40-26(34)23(32)17-8-6-5-7-9-17)27(30-19)41(35,36)29-14-20-24(38-3)22(37-2)10-11-28-20/h5-13,23,29,32H,14-15H2,1-4H3. The lowest BCUT2D eigenvalue weighted by Crippen LogP contribution is -2.28. The van der Waals surface area contributed by atoms with Gasteiger partial charge in [-0.2, -0.15) is 0 Å². The van der Waals surface area contributed by atoms with Crippen molar-refractivity contribution in [3.05, 3.63) is 77.1 Å². The number of nitrogens with zero attached hydrogens (tertiary/aromatic N) is 3. The molecule has 1 unspecified atom stereocenters. The number of aromatic nitrogens is 3. The zero-order chi connectivity index (χ0) is 29.7. The Morgan fingerprint density at radius 1 is 1.07 bits per heavy atom. The predicted octanol–water partition coefficient (Wildman–Crippen LogP) is 2.26. The summed E-state index contributed by atoms with van der Waals surface area (Å²) in [5, 5.41) is 9.93. The van der Waals surface area contributed by atoms with Crippen molar-refractivity contribution in [3.63, 3.8) is 0 Å². The molecule has 2 aromatic heterocycles. The fourth-order valence-corrected chi connectivity index (χ4v) is 5.21. The third-order valence-electron chi connectivity index (χ3n) is 6.18. The van der Waals surface area contributed by atoms with Gasteiger partial charge in [-0.25, -0.2) is 27.7 Å². The average molecular weight is 585 g/mol. The summed E-state index contributed by atoms with van der Waals surface area (Å²) in [6, 6.07) is 12.6. The van der Waals surface area contributed by atoms with Crippen molar-refractivity contribution in [2.24, 2.45) is 0 Å². The Labute approximate surface area is 235 Å². The number of rotatable bonds is 11. The zero-order valence-electron chi connectivity index (χ0n) is 22.7. The Morgan fingerprint density at radius 3 is 2.46 bits per heavy atom. The Hall–Kier alpha value is -4.53. The maximum Gasteiger partial charge on any atom is 0.341 e. The lowest BCUT2D eigenvalue weighted by Gasteiger charge is -2.15. The molecule has 0 saturated carbocycles. The van der Waals surface area contributed by atoms with Crippen molar-refractivity contribution in [1.82, 2.24) is 19.3 Å². The number of esters is 2. The number of aryl methyl sites for hydroxylation is 1. The van der Waals surface area contributed by atoms with E-state index >= 15 is 0 Å². The fraction of sp³-hybridized carbons (Fsp3) is 0.259. The number of sulfonamides is 1. The second-order valence-electron chi connectivity index (χ2n) is 8.69. The van der Waals surface area contributed by atoms with Gasteiger partial charge in [-0.05, 0) is 30.2 Å². The number of carbonyl (C=O) groups excluding carboxylic acids is 2. The van der Waals surface area contributed by atoms with Crippen LogP contribution < -0.4 is 14.2 Å². The maximum absolute atomic E-state index is 13.5. The minimum atomic E-state index is -4.37. The van der Waals surface area contributed by atoms with Crippen molar-refractivity contribution in [1.29, 1.82) is 0 Å².